The second-order valence-corrected chi connectivity index (χ2v) is 16.1. The molecule has 0 saturated heterocycles. The second-order valence-electron chi connectivity index (χ2n) is 15.1. The molecule has 1 unspecified atom stereocenters. The first kappa shape index (κ1) is 39.6. The van der Waals surface area contributed by atoms with Gasteiger partial charge >= 0.3 is 26.2 Å². The Morgan fingerprint density at radius 2 is 1.02 bits per heavy atom. The maximum Gasteiger partial charge on any atom is 2.00 e. The average Bonchev–Trinajstić information content (AvgIpc) is 3.69. The minimum Gasteiger partial charge on any atom is -0.164 e. The molecule has 0 amide bonds. The van der Waals surface area contributed by atoms with Crippen molar-refractivity contribution in [3.8, 4) is 22.3 Å². The Labute approximate surface area is 314 Å². The Bertz CT molecular complexity index is 1850. The van der Waals surface area contributed by atoms with Crippen molar-refractivity contribution in [3.63, 3.8) is 0 Å². The topological polar surface area (TPSA) is 0 Å². The molecular formula is C46H56SiZr. The number of hydrogen-bond donors (Lipinski definition) is 0. The summed E-state index contributed by atoms with van der Waals surface area (Å²) < 4.78 is 0. The number of aryl methyl sites for hydroxylation is 1. The van der Waals surface area contributed by atoms with Crippen molar-refractivity contribution in [2.75, 3.05) is 0 Å². The first-order valence-electron chi connectivity index (χ1n) is 17.5. The minimum atomic E-state index is 0. The van der Waals surface area contributed by atoms with Crippen LogP contribution in [-0.2, 0) is 43.5 Å². The van der Waals surface area contributed by atoms with Crippen LogP contribution in [0.15, 0.2) is 109 Å². The first-order valence-corrected chi connectivity index (χ1v) is 19.5. The molecule has 0 aliphatic heterocycles. The zero-order valence-corrected chi connectivity index (χ0v) is 34.8. The molecule has 0 fully saturated rings. The van der Waals surface area contributed by atoms with Gasteiger partial charge in [0.05, 0.1) is 0 Å². The van der Waals surface area contributed by atoms with Crippen LogP contribution in [0.4, 0.5) is 0 Å². The Morgan fingerprint density at radius 1 is 0.604 bits per heavy atom. The van der Waals surface area contributed by atoms with Gasteiger partial charge in [0.25, 0.3) is 0 Å². The van der Waals surface area contributed by atoms with Crippen LogP contribution >= 0.6 is 0 Å². The van der Waals surface area contributed by atoms with Crippen molar-refractivity contribution in [3.05, 3.63) is 131 Å². The fourth-order valence-corrected chi connectivity index (χ4v) is 6.08. The van der Waals surface area contributed by atoms with Gasteiger partial charge in [-0.3, -0.25) is 0 Å². The van der Waals surface area contributed by atoms with Gasteiger partial charge in [-0.25, -0.2) is 0 Å². The van der Waals surface area contributed by atoms with Gasteiger partial charge in [-0.05, 0) is 45.4 Å². The zero-order chi connectivity index (χ0) is 34.4. The van der Waals surface area contributed by atoms with Crippen LogP contribution in [0.1, 0.15) is 96.9 Å². The van der Waals surface area contributed by atoms with Gasteiger partial charge in [0, 0.05) is 9.52 Å². The van der Waals surface area contributed by atoms with Gasteiger partial charge in [-0.1, -0.05) is 154 Å². The third kappa shape index (κ3) is 9.67. The molecule has 0 bridgehead atoms. The van der Waals surface area contributed by atoms with E-state index in [-0.39, 0.29) is 37.0 Å². The van der Waals surface area contributed by atoms with Gasteiger partial charge in [-0.15, -0.1) is 69.1 Å². The van der Waals surface area contributed by atoms with E-state index in [1.165, 1.54) is 72.5 Å². The van der Waals surface area contributed by atoms with Crippen LogP contribution in [0.2, 0.25) is 13.1 Å². The minimum absolute atomic E-state index is 0. The van der Waals surface area contributed by atoms with E-state index >= 15 is 0 Å². The SMILES string of the molecule is CCC(C)c1cc2c(-c3ccc(C(C)(C)C)cc3)cccc2[cH-]1.CCc1cc2c(-c3ccc(C(C)(C)C)cc3)cccc2[cH-]1.C[Si]C.[Zr+2]. The molecule has 0 N–H and O–H groups in total. The summed E-state index contributed by atoms with van der Waals surface area (Å²) in [5.74, 6) is 0.624. The van der Waals surface area contributed by atoms with Crippen LogP contribution in [0, 0.1) is 0 Å². The van der Waals surface area contributed by atoms with E-state index in [0.717, 1.165) is 15.9 Å². The summed E-state index contributed by atoms with van der Waals surface area (Å²) in [4.78, 5) is 0. The molecule has 0 nitrogen and oxygen atoms in total. The maximum absolute atomic E-state index is 2.39. The molecule has 0 aliphatic carbocycles. The number of benzene rings is 4. The van der Waals surface area contributed by atoms with Crippen molar-refractivity contribution in [2.45, 2.75) is 105 Å². The van der Waals surface area contributed by atoms with Crippen molar-refractivity contribution >= 4 is 31.1 Å². The van der Waals surface area contributed by atoms with Gasteiger partial charge in [0.2, 0.25) is 0 Å². The van der Waals surface area contributed by atoms with E-state index in [4.69, 9.17) is 0 Å². The average molecular weight is 728 g/mol. The molecule has 1 atom stereocenters. The molecule has 0 heterocycles. The smallest absolute Gasteiger partial charge is 0.164 e. The molecule has 0 aliphatic rings. The fraction of sp³-hybridized carbons (Fsp3) is 0.348. The van der Waals surface area contributed by atoms with Crippen molar-refractivity contribution < 1.29 is 26.2 Å². The van der Waals surface area contributed by atoms with Crippen LogP contribution < -0.4 is 0 Å². The largest absolute Gasteiger partial charge is 2.00 e. The molecule has 248 valence electrons. The quantitative estimate of drug-likeness (QED) is 0.123. The van der Waals surface area contributed by atoms with Gasteiger partial charge in [0.1, 0.15) is 0 Å². The first-order chi connectivity index (χ1) is 22.3. The van der Waals surface area contributed by atoms with E-state index < -0.39 is 0 Å². The van der Waals surface area contributed by atoms with E-state index in [0.29, 0.717) is 5.92 Å². The van der Waals surface area contributed by atoms with Crippen LogP contribution in [0.5, 0.6) is 0 Å². The van der Waals surface area contributed by atoms with Crippen LogP contribution in [-0.4, -0.2) is 9.52 Å². The Morgan fingerprint density at radius 3 is 1.42 bits per heavy atom. The summed E-state index contributed by atoms with van der Waals surface area (Å²) >= 11 is 0. The van der Waals surface area contributed by atoms with Crippen LogP contribution in [0.3, 0.4) is 0 Å². The predicted octanol–water partition coefficient (Wildman–Crippen LogP) is 13.9. The van der Waals surface area contributed by atoms with Crippen LogP contribution in [0.25, 0.3) is 43.8 Å². The number of fused-ring (bicyclic) bond motifs is 2. The Hall–Kier alpha value is -2.80. The zero-order valence-electron chi connectivity index (χ0n) is 31.4. The summed E-state index contributed by atoms with van der Waals surface area (Å²) in [5.41, 5.74) is 11.4. The third-order valence-electron chi connectivity index (χ3n) is 9.30. The third-order valence-corrected chi connectivity index (χ3v) is 9.30. The molecule has 2 radical (unpaired) electrons. The number of hydrogen-bond acceptors (Lipinski definition) is 0. The van der Waals surface area contributed by atoms with Gasteiger partial charge in [0.15, 0.2) is 0 Å². The summed E-state index contributed by atoms with van der Waals surface area (Å²) in [5, 5.41) is 5.46. The molecule has 6 aromatic rings. The molecule has 6 rings (SSSR count). The Kier molecular flexibility index (Phi) is 14.2. The second kappa shape index (κ2) is 17.2. The van der Waals surface area contributed by atoms with E-state index in [9.17, 15) is 0 Å². The molecule has 0 spiro atoms. The molecule has 2 heteroatoms. The van der Waals surface area contributed by atoms with Gasteiger partial charge < -0.3 is 0 Å². The summed E-state index contributed by atoms with van der Waals surface area (Å²) in [6.07, 6.45) is 2.28. The standard InChI is InChI=1S/C23H27.C21H23.C2H6Si.Zr/c1-6-16(2)19-14-18-8-7-9-21(22(18)15-19)17-10-12-20(13-11-17)23(3,4)5;1-5-15-13-17-7-6-8-19(20(17)14-15)16-9-11-18(12-10-16)21(2,3)4;1-3-2;/h7-16H,6H2,1-5H3;6-14H,5H2,1-4H3;1-2H3;/q2*-1;;+2. The van der Waals surface area contributed by atoms with E-state index in [1.54, 1.807) is 0 Å². The molecule has 0 saturated carbocycles. The van der Waals surface area contributed by atoms with Crippen molar-refractivity contribution in [1.82, 2.24) is 0 Å². The number of rotatable bonds is 5. The normalized spacial score (nSPS) is 12.1. The van der Waals surface area contributed by atoms with Crippen molar-refractivity contribution in [1.29, 1.82) is 0 Å². The predicted molar refractivity (Wildman–Crippen MR) is 213 cm³/mol. The molecule has 6 aromatic carbocycles. The Balaban J connectivity index is 0.000000237. The summed E-state index contributed by atoms with van der Waals surface area (Å²) in [7, 11) is 1.08. The fourth-order valence-electron chi connectivity index (χ4n) is 6.08. The van der Waals surface area contributed by atoms with Crippen molar-refractivity contribution in [2.24, 2.45) is 0 Å². The summed E-state index contributed by atoms with van der Waals surface area (Å²) in [6, 6.07) is 40.8. The summed E-state index contributed by atoms with van der Waals surface area (Å²) in [6.45, 7) is 24.6. The molecule has 0 aromatic heterocycles. The van der Waals surface area contributed by atoms with Gasteiger partial charge in [-0.2, -0.15) is 12.1 Å². The molecule has 48 heavy (non-hydrogen) atoms. The van der Waals surface area contributed by atoms with E-state index in [1.807, 2.05) is 0 Å². The monoisotopic (exact) mass is 726 g/mol. The molecular weight excluding hydrogens is 672 g/mol. The maximum atomic E-state index is 2.39. The van der Waals surface area contributed by atoms with E-state index in [2.05, 4.69) is 185 Å².